The summed E-state index contributed by atoms with van der Waals surface area (Å²) in [5.41, 5.74) is 6.13. The van der Waals surface area contributed by atoms with Crippen molar-refractivity contribution < 1.29 is 24.3 Å². The maximum atomic E-state index is 12.1. The lowest BCUT2D eigenvalue weighted by atomic mass is 9.90. The molecule has 31 heavy (non-hydrogen) atoms. The van der Waals surface area contributed by atoms with Crippen LogP contribution in [-0.2, 0) is 25.6 Å². The molecule has 6 N–H and O–H groups in total. The second kappa shape index (κ2) is 12.4. The summed E-state index contributed by atoms with van der Waals surface area (Å²) in [4.78, 5) is 47.5. The molecule has 11 heteroatoms. The van der Waals surface area contributed by atoms with Gasteiger partial charge in [-0.25, -0.2) is 0 Å². The van der Waals surface area contributed by atoms with Crippen LogP contribution < -0.4 is 16.4 Å². The second-order valence-electron chi connectivity index (χ2n) is 7.36. The van der Waals surface area contributed by atoms with Crippen LogP contribution in [0.5, 0.6) is 0 Å². The summed E-state index contributed by atoms with van der Waals surface area (Å²) in [5.74, 6) is -4.66. The molecule has 0 unspecified atom stereocenters. The Balaban J connectivity index is 2.53. The summed E-state index contributed by atoms with van der Waals surface area (Å²) >= 11 is 12.0. The number of carbonyl (C=O) groups is 4. The van der Waals surface area contributed by atoms with Crippen LogP contribution in [0.25, 0.3) is 0 Å². The molecule has 0 radical (unpaired) electrons. The summed E-state index contributed by atoms with van der Waals surface area (Å²) in [7, 11) is 0. The Morgan fingerprint density at radius 3 is 2.16 bits per heavy atom. The molecule has 1 aromatic carbocycles. The highest BCUT2D eigenvalue weighted by Crippen LogP contribution is 2.24. The number of carbonyl (C=O) groups excluding carboxylic acids is 3. The highest BCUT2D eigenvalue weighted by Gasteiger charge is 2.26. The number of ketones is 1. The van der Waals surface area contributed by atoms with Crippen molar-refractivity contribution in [2.75, 3.05) is 0 Å². The van der Waals surface area contributed by atoms with Crippen LogP contribution in [0.3, 0.4) is 0 Å². The van der Waals surface area contributed by atoms with Gasteiger partial charge in [-0.3, -0.25) is 35.2 Å². The molecular formula is C20H26Cl2N4O5. The topological polar surface area (TPSA) is 162 Å². The molecule has 0 aliphatic heterocycles. The third-order valence-corrected chi connectivity index (χ3v) is 5.24. The predicted octanol–water partition coefficient (Wildman–Crippen LogP) is 2.13. The first-order valence-corrected chi connectivity index (χ1v) is 10.3. The van der Waals surface area contributed by atoms with Crippen LogP contribution in [-0.4, -0.2) is 40.7 Å². The van der Waals surface area contributed by atoms with E-state index in [-0.39, 0.29) is 37.4 Å². The number of amides is 2. The van der Waals surface area contributed by atoms with E-state index >= 15 is 0 Å². The molecule has 0 saturated heterocycles. The zero-order valence-corrected chi connectivity index (χ0v) is 18.7. The van der Waals surface area contributed by atoms with E-state index in [4.69, 9.17) is 34.3 Å². The third kappa shape index (κ3) is 9.04. The fourth-order valence-electron chi connectivity index (χ4n) is 2.65. The van der Waals surface area contributed by atoms with Gasteiger partial charge in [-0.1, -0.05) is 43.1 Å². The zero-order valence-electron chi connectivity index (χ0n) is 17.2. The molecule has 0 aliphatic rings. The van der Waals surface area contributed by atoms with Gasteiger partial charge in [0.15, 0.2) is 5.78 Å². The van der Waals surface area contributed by atoms with Crippen molar-refractivity contribution in [1.29, 1.82) is 5.41 Å². The number of Topliss-reactive ketones (excluding diaryl/α,β-unsaturated/α-hetero) is 1. The lowest BCUT2D eigenvalue weighted by Crippen LogP contribution is -2.44. The van der Waals surface area contributed by atoms with Gasteiger partial charge in [0.05, 0.1) is 18.4 Å². The van der Waals surface area contributed by atoms with Gasteiger partial charge in [0.1, 0.15) is 0 Å². The van der Waals surface area contributed by atoms with Gasteiger partial charge in [0.2, 0.25) is 17.8 Å². The number of hydrogen-bond donors (Lipinski definition) is 5. The number of hydrogen-bond acceptors (Lipinski definition) is 6. The third-order valence-electron chi connectivity index (χ3n) is 4.53. The first-order valence-electron chi connectivity index (χ1n) is 9.54. The highest BCUT2D eigenvalue weighted by atomic mass is 35.5. The molecular weight excluding hydrogens is 447 g/mol. The molecule has 0 fully saturated rings. The van der Waals surface area contributed by atoms with Crippen molar-refractivity contribution in [2.24, 2.45) is 17.6 Å². The highest BCUT2D eigenvalue weighted by molar-refractivity contribution is 6.36. The average molecular weight is 473 g/mol. The van der Waals surface area contributed by atoms with Gasteiger partial charge in [0.25, 0.3) is 0 Å². The van der Waals surface area contributed by atoms with Crippen molar-refractivity contribution in [3.63, 3.8) is 0 Å². The smallest absolute Gasteiger partial charge is 0.306 e. The maximum Gasteiger partial charge on any atom is 0.306 e. The molecule has 0 bridgehead atoms. The lowest BCUT2D eigenvalue weighted by Gasteiger charge is -2.17. The molecule has 0 aromatic heterocycles. The number of aliphatic carboxylic acids is 1. The largest absolute Gasteiger partial charge is 0.481 e. The quantitative estimate of drug-likeness (QED) is 0.258. The molecule has 0 heterocycles. The molecule has 0 aliphatic carbocycles. The normalized spacial score (nSPS) is 12.7. The summed E-state index contributed by atoms with van der Waals surface area (Å²) in [6.07, 6.45) is -0.852. The van der Waals surface area contributed by atoms with E-state index in [0.717, 1.165) is 0 Å². The van der Waals surface area contributed by atoms with Crippen LogP contribution in [0, 0.1) is 17.2 Å². The number of carboxylic acids is 1. The molecule has 1 aromatic rings. The fourth-order valence-corrected chi connectivity index (χ4v) is 3.18. The number of rotatable bonds is 10. The van der Waals surface area contributed by atoms with E-state index in [1.807, 2.05) is 0 Å². The van der Waals surface area contributed by atoms with E-state index < -0.39 is 35.7 Å². The molecule has 170 valence electrons. The van der Waals surface area contributed by atoms with E-state index in [1.54, 1.807) is 32.0 Å². The zero-order chi connectivity index (χ0) is 23.7. The Bertz CT molecular complexity index is 840. The molecule has 2 atom stereocenters. The molecule has 0 spiro atoms. The van der Waals surface area contributed by atoms with Crippen LogP contribution in [0.1, 0.15) is 38.7 Å². The van der Waals surface area contributed by atoms with Crippen LogP contribution in [0.2, 0.25) is 10.0 Å². The predicted molar refractivity (Wildman–Crippen MR) is 117 cm³/mol. The number of halogens is 2. The Kier molecular flexibility index (Phi) is 10.6. The molecule has 1 rings (SSSR count). The Morgan fingerprint density at radius 2 is 1.65 bits per heavy atom. The second-order valence-corrected chi connectivity index (χ2v) is 8.18. The number of guanidine groups is 1. The van der Waals surface area contributed by atoms with Crippen LogP contribution in [0.4, 0.5) is 0 Å². The number of carboxylic acid groups (broad SMARTS) is 1. The van der Waals surface area contributed by atoms with Crippen LogP contribution in [0.15, 0.2) is 18.2 Å². The minimum absolute atomic E-state index is 0.117. The Hall–Kier alpha value is -2.49. The first-order chi connectivity index (χ1) is 14.4. The average Bonchev–Trinajstić information content (AvgIpc) is 2.66. The van der Waals surface area contributed by atoms with E-state index in [1.165, 1.54) is 0 Å². The van der Waals surface area contributed by atoms with Crippen molar-refractivity contribution >= 4 is 52.7 Å². The number of benzene rings is 1. The van der Waals surface area contributed by atoms with E-state index in [2.05, 4.69) is 10.6 Å². The summed E-state index contributed by atoms with van der Waals surface area (Å²) in [6.45, 7) is 3.51. The number of nitrogens with one attached hydrogen (secondary N) is 3. The molecule has 0 saturated carbocycles. The van der Waals surface area contributed by atoms with Gasteiger partial charge >= 0.3 is 5.97 Å². The fraction of sp³-hybridized carbons (Fsp3) is 0.450. The SMILES string of the molecule is CC(C)[C@H](N)C(=O)C[C@H](CCC(=O)NC(=N)NC(=O)Cc1c(Cl)cccc1Cl)C(=O)O. The van der Waals surface area contributed by atoms with Gasteiger partial charge in [-0.15, -0.1) is 0 Å². The molecule has 9 nitrogen and oxygen atoms in total. The minimum Gasteiger partial charge on any atom is -0.481 e. The first kappa shape index (κ1) is 26.5. The Labute approximate surface area is 190 Å². The van der Waals surface area contributed by atoms with Gasteiger partial charge in [-0.05, 0) is 30.0 Å². The standard InChI is InChI=1S/C20H26Cl2N4O5/c1-10(2)18(23)15(27)8-11(19(30)31)6-7-16(28)25-20(24)26-17(29)9-12-13(21)4-3-5-14(12)22/h3-5,10-11,18H,6-9,23H2,1-2H3,(H,30,31)(H3,24,25,26,28,29)/t11-,18-/m0/s1. The number of nitrogens with two attached hydrogens (primary N) is 1. The lowest BCUT2D eigenvalue weighted by molar-refractivity contribution is -0.144. The van der Waals surface area contributed by atoms with Crippen molar-refractivity contribution in [1.82, 2.24) is 10.6 Å². The van der Waals surface area contributed by atoms with E-state index in [0.29, 0.717) is 15.6 Å². The van der Waals surface area contributed by atoms with Crippen molar-refractivity contribution in [3.05, 3.63) is 33.8 Å². The van der Waals surface area contributed by atoms with Crippen LogP contribution >= 0.6 is 23.2 Å². The summed E-state index contributed by atoms with van der Waals surface area (Å²) in [5, 5.41) is 21.9. The minimum atomic E-state index is -1.21. The van der Waals surface area contributed by atoms with E-state index in [9.17, 15) is 24.3 Å². The summed E-state index contributed by atoms with van der Waals surface area (Å²) in [6, 6.07) is 4.00. The molecule has 2 amide bonds. The van der Waals surface area contributed by atoms with Gasteiger partial charge in [-0.2, -0.15) is 0 Å². The van der Waals surface area contributed by atoms with Gasteiger partial charge in [0, 0.05) is 22.9 Å². The van der Waals surface area contributed by atoms with Crippen molar-refractivity contribution in [2.45, 2.75) is 45.6 Å². The maximum absolute atomic E-state index is 12.1. The Morgan fingerprint density at radius 1 is 1.10 bits per heavy atom. The van der Waals surface area contributed by atoms with Gasteiger partial charge < -0.3 is 10.8 Å². The monoisotopic (exact) mass is 472 g/mol. The van der Waals surface area contributed by atoms with Crippen molar-refractivity contribution in [3.8, 4) is 0 Å². The summed E-state index contributed by atoms with van der Waals surface area (Å²) < 4.78 is 0.